The van der Waals surface area contributed by atoms with E-state index in [9.17, 15) is 4.79 Å². The van der Waals surface area contributed by atoms with Crippen molar-refractivity contribution in [2.45, 2.75) is 12.8 Å². The Morgan fingerprint density at radius 1 is 1.35 bits per heavy atom. The summed E-state index contributed by atoms with van der Waals surface area (Å²) in [5.74, 6) is 0.883. The van der Waals surface area contributed by atoms with Crippen LogP contribution in [0.5, 0.6) is 0 Å². The zero-order valence-electron chi connectivity index (χ0n) is 9.75. The quantitative estimate of drug-likeness (QED) is 0.764. The van der Waals surface area contributed by atoms with Crippen molar-refractivity contribution in [2.24, 2.45) is 5.92 Å². The summed E-state index contributed by atoms with van der Waals surface area (Å²) in [6.45, 7) is 1.45. The molecule has 2 nitrogen and oxygen atoms in total. The number of carbonyl (C=O) groups is 1. The van der Waals surface area contributed by atoms with Crippen molar-refractivity contribution in [3.8, 4) is 0 Å². The molecule has 92 valence electrons. The Morgan fingerprint density at radius 3 is 2.65 bits per heavy atom. The van der Waals surface area contributed by atoms with Crippen LogP contribution in [-0.2, 0) is 0 Å². The second kappa shape index (κ2) is 5.38. The van der Waals surface area contributed by atoms with Crippen LogP contribution >= 0.6 is 23.2 Å². The maximum atomic E-state index is 12.0. The minimum absolute atomic E-state index is 0.0896. The molecule has 1 saturated carbocycles. The molecule has 1 fully saturated rings. The number of carbonyl (C=O) groups excluding carboxylic acids is 1. The van der Waals surface area contributed by atoms with Crippen LogP contribution in [0, 0.1) is 5.92 Å². The monoisotopic (exact) mass is 271 g/mol. The van der Waals surface area contributed by atoms with Crippen LogP contribution in [-0.4, -0.2) is 30.8 Å². The number of Topliss-reactive ketones (excluding diaryl/α,β-unsaturated/α-hetero) is 1. The van der Waals surface area contributed by atoms with Crippen molar-refractivity contribution in [2.75, 3.05) is 20.1 Å². The zero-order chi connectivity index (χ0) is 12.4. The molecule has 0 amide bonds. The van der Waals surface area contributed by atoms with E-state index in [2.05, 4.69) is 4.90 Å². The van der Waals surface area contributed by atoms with E-state index in [0.717, 1.165) is 12.5 Å². The van der Waals surface area contributed by atoms with Crippen molar-refractivity contribution in [1.82, 2.24) is 4.90 Å². The molecule has 4 heteroatoms. The summed E-state index contributed by atoms with van der Waals surface area (Å²) >= 11 is 11.7. The molecule has 0 radical (unpaired) electrons. The molecule has 0 unspecified atom stereocenters. The average molecular weight is 272 g/mol. The number of likely N-dealkylation sites (N-methyl/N-ethyl adjacent to an activating group) is 1. The Bertz CT molecular complexity index is 429. The van der Waals surface area contributed by atoms with Gasteiger partial charge in [0.15, 0.2) is 5.78 Å². The lowest BCUT2D eigenvalue weighted by Crippen LogP contribution is -2.27. The van der Waals surface area contributed by atoms with Gasteiger partial charge in [-0.2, -0.15) is 0 Å². The zero-order valence-corrected chi connectivity index (χ0v) is 11.3. The third kappa shape index (κ3) is 3.70. The van der Waals surface area contributed by atoms with E-state index in [4.69, 9.17) is 23.2 Å². The van der Waals surface area contributed by atoms with E-state index < -0.39 is 0 Å². The van der Waals surface area contributed by atoms with Crippen LogP contribution in [0.15, 0.2) is 18.2 Å². The molecule has 0 N–H and O–H groups in total. The lowest BCUT2D eigenvalue weighted by atomic mass is 10.1. The highest BCUT2D eigenvalue weighted by atomic mass is 35.5. The van der Waals surface area contributed by atoms with Gasteiger partial charge < -0.3 is 0 Å². The topological polar surface area (TPSA) is 20.3 Å². The van der Waals surface area contributed by atoms with Gasteiger partial charge in [0.1, 0.15) is 0 Å². The minimum Gasteiger partial charge on any atom is -0.299 e. The molecule has 0 bridgehead atoms. The molecule has 1 aliphatic rings. The SMILES string of the molecule is CN(CC(=O)c1ccc(Cl)c(Cl)c1)CC1CC1. The molecule has 17 heavy (non-hydrogen) atoms. The number of halogens is 2. The van der Waals surface area contributed by atoms with Crippen molar-refractivity contribution in [3.05, 3.63) is 33.8 Å². The second-order valence-corrected chi connectivity index (χ2v) is 5.51. The van der Waals surface area contributed by atoms with Crippen LogP contribution in [0.4, 0.5) is 0 Å². The van der Waals surface area contributed by atoms with E-state index in [1.807, 2.05) is 7.05 Å². The summed E-state index contributed by atoms with van der Waals surface area (Å²) in [6.07, 6.45) is 2.59. The van der Waals surface area contributed by atoms with Crippen molar-refractivity contribution >= 4 is 29.0 Å². The summed E-state index contributed by atoms with van der Waals surface area (Å²) in [5.41, 5.74) is 0.627. The Hall–Kier alpha value is -0.570. The van der Waals surface area contributed by atoms with Crippen LogP contribution in [0.25, 0.3) is 0 Å². The Labute approximate surface area is 112 Å². The first-order valence-electron chi connectivity index (χ1n) is 5.73. The predicted molar refractivity (Wildman–Crippen MR) is 71.0 cm³/mol. The number of ketones is 1. The van der Waals surface area contributed by atoms with Gasteiger partial charge in [-0.15, -0.1) is 0 Å². The highest BCUT2D eigenvalue weighted by molar-refractivity contribution is 6.42. The van der Waals surface area contributed by atoms with Crippen LogP contribution in [0.2, 0.25) is 10.0 Å². The molecule has 2 rings (SSSR count). The third-order valence-electron chi connectivity index (χ3n) is 2.92. The minimum atomic E-state index is 0.0896. The Kier molecular flexibility index (Phi) is 4.08. The molecular weight excluding hydrogens is 257 g/mol. The van der Waals surface area contributed by atoms with Gasteiger partial charge in [0, 0.05) is 12.1 Å². The number of hydrogen-bond donors (Lipinski definition) is 0. The van der Waals surface area contributed by atoms with E-state index in [-0.39, 0.29) is 5.78 Å². The lowest BCUT2D eigenvalue weighted by molar-refractivity contribution is 0.0944. The van der Waals surface area contributed by atoms with Gasteiger partial charge in [-0.3, -0.25) is 9.69 Å². The first kappa shape index (κ1) is 12.9. The fourth-order valence-electron chi connectivity index (χ4n) is 1.81. The van der Waals surface area contributed by atoms with Gasteiger partial charge in [0.05, 0.1) is 16.6 Å². The molecule has 1 aromatic carbocycles. The first-order valence-corrected chi connectivity index (χ1v) is 6.48. The van der Waals surface area contributed by atoms with Gasteiger partial charge in [-0.1, -0.05) is 23.2 Å². The molecule has 0 saturated heterocycles. The molecule has 1 aliphatic carbocycles. The van der Waals surface area contributed by atoms with Crippen molar-refractivity contribution in [1.29, 1.82) is 0 Å². The number of nitrogens with zero attached hydrogens (tertiary/aromatic N) is 1. The highest BCUT2D eigenvalue weighted by Crippen LogP contribution is 2.29. The number of hydrogen-bond acceptors (Lipinski definition) is 2. The van der Waals surface area contributed by atoms with E-state index in [1.54, 1.807) is 18.2 Å². The number of rotatable bonds is 5. The Morgan fingerprint density at radius 2 is 2.06 bits per heavy atom. The summed E-state index contributed by atoms with van der Waals surface area (Å²) < 4.78 is 0. The fourth-order valence-corrected chi connectivity index (χ4v) is 2.11. The molecule has 0 heterocycles. The van der Waals surface area contributed by atoms with Gasteiger partial charge in [0.25, 0.3) is 0 Å². The average Bonchev–Trinajstić information content (AvgIpc) is 3.05. The maximum absolute atomic E-state index is 12.0. The van der Waals surface area contributed by atoms with Crippen molar-refractivity contribution < 1.29 is 4.79 Å². The molecule has 0 aliphatic heterocycles. The van der Waals surface area contributed by atoms with Gasteiger partial charge in [-0.05, 0) is 44.0 Å². The van der Waals surface area contributed by atoms with Crippen LogP contribution in [0.1, 0.15) is 23.2 Å². The molecule has 0 atom stereocenters. The third-order valence-corrected chi connectivity index (χ3v) is 3.66. The molecule has 0 spiro atoms. The standard InChI is InChI=1S/C13H15Cl2NO/c1-16(7-9-2-3-9)8-13(17)10-4-5-11(14)12(15)6-10/h4-6,9H,2-3,7-8H2,1H3. The molecule has 0 aromatic heterocycles. The largest absolute Gasteiger partial charge is 0.299 e. The summed E-state index contributed by atoms with van der Waals surface area (Å²) in [6, 6.07) is 5.02. The molecule has 1 aromatic rings. The lowest BCUT2D eigenvalue weighted by Gasteiger charge is -2.15. The summed E-state index contributed by atoms with van der Waals surface area (Å²) in [7, 11) is 1.98. The highest BCUT2D eigenvalue weighted by Gasteiger charge is 2.23. The van der Waals surface area contributed by atoms with Crippen LogP contribution < -0.4 is 0 Å². The first-order chi connectivity index (χ1) is 8.06. The normalized spacial score (nSPS) is 15.3. The number of benzene rings is 1. The smallest absolute Gasteiger partial charge is 0.176 e. The van der Waals surface area contributed by atoms with E-state index in [0.29, 0.717) is 22.2 Å². The van der Waals surface area contributed by atoms with E-state index in [1.165, 1.54) is 12.8 Å². The van der Waals surface area contributed by atoms with Crippen LogP contribution in [0.3, 0.4) is 0 Å². The molecular formula is C13H15Cl2NO. The Balaban J connectivity index is 1.95. The van der Waals surface area contributed by atoms with Crippen molar-refractivity contribution in [3.63, 3.8) is 0 Å². The second-order valence-electron chi connectivity index (χ2n) is 4.69. The van der Waals surface area contributed by atoms with Gasteiger partial charge in [-0.25, -0.2) is 0 Å². The maximum Gasteiger partial charge on any atom is 0.176 e. The fraction of sp³-hybridized carbons (Fsp3) is 0.462. The van der Waals surface area contributed by atoms with Gasteiger partial charge in [0.2, 0.25) is 0 Å². The summed E-state index contributed by atoms with van der Waals surface area (Å²) in [5, 5.41) is 0.914. The van der Waals surface area contributed by atoms with E-state index >= 15 is 0 Å². The predicted octanol–water partition coefficient (Wildman–Crippen LogP) is 3.52. The summed E-state index contributed by atoms with van der Waals surface area (Å²) in [4.78, 5) is 14.0. The van der Waals surface area contributed by atoms with Gasteiger partial charge >= 0.3 is 0 Å².